The Morgan fingerprint density at radius 1 is 0.764 bits per heavy atom. The molecule has 0 fully saturated rings. The number of aromatic carboxylic acids is 1. The molecule has 4 N–H and O–H groups in total. The molecule has 1 aliphatic rings. The molecule has 0 spiro atoms. The topological polar surface area (TPSA) is 145 Å². The molecule has 72 heavy (non-hydrogen) atoms. The van der Waals surface area contributed by atoms with Crippen molar-refractivity contribution in [3.8, 4) is 28.4 Å². The first-order chi connectivity index (χ1) is 34.5. The average Bonchev–Trinajstić information content (AvgIpc) is 3.92. The number of benzene rings is 6. The van der Waals surface area contributed by atoms with Crippen LogP contribution in [0.3, 0.4) is 0 Å². The van der Waals surface area contributed by atoms with Crippen molar-refractivity contribution < 1.29 is 51.3 Å². The first-order valence-electron chi connectivity index (χ1n) is 22.7. The second-order valence-electron chi connectivity index (χ2n) is 17.1. The van der Waals surface area contributed by atoms with Gasteiger partial charge in [0.25, 0.3) is 0 Å². The van der Waals surface area contributed by atoms with Gasteiger partial charge in [0.05, 0.1) is 16.8 Å². The van der Waals surface area contributed by atoms with Crippen molar-refractivity contribution in [2.24, 2.45) is 0 Å². The van der Waals surface area contributed by atoms with Gasteiger partial charge in [-0.15, -0.1) is 0 Å². The standard InChI is InChI=1S/C55H46BrF4IN4O7/c1-4-5-53(66)63-41-17-34(54(67)68)18-43(25-41)65-31(3)7-14-50(65)45-26-46(56)36(20-52(45)71-28-33-9-11-38(58)22-48(33)60)29-72-55(69)35-16-40(62)24-42(19-35)64-30(2)6-13-49(64)44-23-39(61)12-15-51(44)70-27-32-8-10-37(57)21-47(32)59/h7-26,30H,4-6,27-29,62H2,1-3H3,(H,63,66)(H,67,68). The Hall–Kier alpha value is -7.12. The highest BCUT2D eigenvalue weighted by atomic mass is 127. The van der Waals surface area contributed by atoms with Crippen LogP contribution in [0.25, 0.3) is 22.6 Å². The lowest BCUT2D eigenvalue weighted by atomic mass is 10.1. The zero-order valence-corrected chi connectivity index (χ0v) is 42.7. The van der Waals surface area contributed by atoms with E-state index >= 15 is 0 Å². The van der Waals surface area contributed by atoms with Gasteiger partial charge < -0.3 is 39.8 Å². The molecule has 7 aromatic rings. The van der Waals surface area contributed by atoms with Crippen molar-refractivity contribution in [1.29, 1.82) is 0 Å². The van der Waals surface area contributed by atoms with Gasteiger partial charge in [-0.05, 0) is 152 Å². The Kier molecular flexibility index (Phi) is 15.7. The number of aromatic nitrogens is 1. The summed E-state index contributed by atoms with van der Waals surface area (Å²) < 4.78 is 78.7. The number of carboxylic acid groups (broad SMARTS) is 1. The second kappa shape index (κ2) is 22.1. The van der Waals surface area contributed by atoms with Crippen molar-refractivity contribution in [2.75, 3.05) is 16.0 Å². The minimum absolute atomic E-state index is 0.0670. The minimum Gasteiger partial charge on any atom is -0.488 e. The second-order valence-corrected chi connectivity index (χ2v) is 19.2. The van der Waals surface area contributed by atoms with E-state index in [1.54, 1.807) is 47.0 Å². The molecule has 0 radical (unpaired) electrons. The third-order valence-electron chi connectivity index (χ3n) is 11.9. The smallest absolute Gasteiger partial charge is 0.338 e. The Balaban J connectivity index is 1.09. The number of hydrogen-bond donors (Lipinski definition) is 3. The van der Waals surface area contributed by atoms with Gasteiger partial charge in [-0.1, -0.05) is 28.9 Å². The van der Waals surface area contributed by atoms with E-state index < -0.39 is 35.2 Å². The highest BCUT2D eigenvalue weighted by molar-refractivity contribution is 14.1. The Morgan fingerprint density at radius 2 is 1.44 bits per heavy atom. The van der Waals surface area contributed by atoms with Gasteiger partial charge in [-0.3, -0.25) is 4.79 Å². The number of rotatable bonds is 17. The first-order valence-corrected chi connectivity index (χ1v) is 24.5. The summed E-state index contributed by atoms with van der Waals surface area (Å²) in [6.45, 7) is 4.97. The normalized spacial score (nSPS) is 13.2. The molecule has 0 saturated heterocycles. The van der Waals surface area contributed by atoms with E-state index in [2.05, 4.69) is 43.8 Å². The number of carbonyl (C=O) groups excluding carboxylic acids is 2. The summed E-state index contributed by atoms with van der Waals surface area (Å²) in [7, 11) is 0. The van der Waals surface area contributed by atoms with Crippen LogP contribution < -0.4 is 25.4 Å². The van der Waals surface area contributed by atoms with Crippen LogP contribution in [0.5, 0.6) is 11.5 Å². The lowest BCUT2D eigenvalue weighted by Crippen LogP contribution is -2.27. The maximum absolute atomic E-state index is 15.0. The molecule has 1 unspecified atom stereocenters. The Labute approximate surface area is 434 Å². The SMILES string of the molecule is CCCC(=O)Nc1cc(C(=O)O)cc(-n2c(C)ccc2-c2cc(Br)c(COC(=O)c3cc(N)cc(N4C(c5cc(I)ccc5OCc5ccc(F)cc5F)=CCC4C)c3)cc2OCc2ccc(F)cc2F)c1. The van der Waals surface area contributed by atoms with E-state index in [1.165, 1.54) is 36.4 Å². The fourth-order valence-electron chi connectivity index (χ4n) is 8.40. The molecule has 370 valence electrons. The average molecular weight is 1160 g/mol. The Morgan fingerprint density at radius 3 is 2.11 bits per heavy atom. The van der Waals surface area contributed by atoms with E-state index in [-0.39, 0.29) is 71.9 Å². The van der Waals surface area contributed by atoms with Crippen LogP contribution in [0, 0.1) is 33.8 Å². The molecular formula is C55H46BrF4IN4O7. The maximum atomic E-state index is 15.0. The van der Waals surface area contributed by atoms with Crippen LogP contribution in [0.15, 0.2) is 126 Å². The van der Waals surface area contributed by atoms with Crippen LogP contribution in [-0.2, 0) is 29.4 Å². The van der Waals surface area contributed by atoms with Gasteiger partial charge >= 0.3 is 11.9 Å². The molecule has 0 aliphatic carbocycles. The van der Waals surface area contributed by atoms with Gasteiger partial charge in [0.1, 0.15) is 54.6 Å². The molecule has 6 aromatic carbocycles. The Bertz CT molecular complexity index is 3290. The quantitative estimate of drug-likeness (QED) is 0.0351. The number of carboxylic acids is 1. The van der Waals surface area contributed by atoms with Crippen LogP contribution >= 0.6 is 38.5 Å². The summed E-state index contributed by atoms with van der Waals surface area (Å²) in [5.74, 6) is -4.47. The summed E-state index contributed by atoms with van der Waals surface area (Å²) in [5.41, 5.74) is 12.1. The van der Waals surface area contributed by atoms with E-state index in [0.29, 0.717) is 68.2 Å². The molecule has 17 heteroatoms. The molecule has 1 atom stereocenters. The largest absolute Gasteiger partial charge is 0.488 e. The molecule has 8 rings (SSSR count). The van der Waals surface area contributed by atoms with Gasteiger partial charge in [-0.2, -0.15) is 0 Å². The van der Waals surface area contributed by atoms with Crippen LogP contribution in [0.4, 0.5) is 34.6 Å². The third kappa shape index (κ3) is 11.6. The molecule has 0 bridgehead atoms. The van der Waals surface area contributed by atoms with Gasteiger partial charge in [-0.25, -0.2) is 27.2 Å². The highest BCUT2D eigenvalue weighted by Gasteiger charge is 2.29. The zero-order valence-electron chi connectivity index (χ0n) is 39.0. The number of nitrogens with two attached hydrogens (primary N) is 1. The molecule has 1 aromatic heterocycles. The maximum Gasteiger partial charge on any atom is 0.338 e. The molecule has 1 aliphatic heterocycles. The first kappa shape index (κ1) is 51.2. The van der Waals surface area contributed by atoms with Crippen LogP contribution in [-0.4, -0.2) is 33.6 Å². The van der Waals surface area contributed by atoms with Gasteiger partial charge in [0, 0.05) is 94.6 Å². The van der Waals surface area contributed by atoms with Crippen molar-refractivity contribution in [3.05, 3.63) is 192 Å². The van der Waals surface area contributed by atoms with E-state index in [1.807, 2.05) is 49.9 Å². The number of hydrogen-bond acceptors (Lipinski definition) is 8. The molecule has 2 heterocycles. The number of amides is 1. The van der Waals surface area contributed by atoms with E-state index in [0.717, 1.165) is 27.5 Å². The van der Waals surface area contributed by atoms with E-state index in [9.17, 15) is 37.1 Å². The lowest BCUT2D eigenvalue weighted by molar-refractivity contribution is -0.116. The molecule has 11 nitrogen and oxygen atoms in total. The summed E-state index contributed by atoms with van der Waals surface area (Å²) in [5, 5.41) is 12.9. The van der Waals surface area contributed by atoms with Crippen molar-refractivity contribution in [3.63, 3.8) is 0 Å². The lowest BCUT2D eigenvalue weighted by Gasteiger charge is -2.29. The summed E-state index contributed by atoms with van der Waals surface area (Å²) in [4.78, 5) is 41.0. The summed E-state index contributed by atoms with van der Waals surface area (Å²) >= 11 is 5.85. The third-order valence-corrected chi connectivity index (χ3v) is 13.3. The fourth-order valence-corrected chi connectivity index (χ4v) is 9.34. The number of nitrogens with zero attached hydrogens (tertiary/aromatic N) is 2. The van der Waals surface area contributed by atoms with E-state index in [4.69, 9.17) is 19.9 Å². The fraction of sp³-hybridized carbons (Fsp3) is 0.182. The number of nitrogens with one attached hydrogen (secondary N) is 1. The number of esters is 1. The van der Waals surface area contributed by atoms with Crippen molar-refractivity contribution in [2.45, 2.75) is 65.9 Å². The number of carbonyl (C=O) groups is 3. The molecular weight excluding hydrogens is 1110 g/mol. The van der Waals surface area contributed by atoms with Crippen LogP contribution in [0.1, 0.15) is 81.8 Å². The number of aryl methyl sites for hydroxylation is 1. The molecule has 0 saturated carbocycles. The summed E-state index contributed by atoms with van der Waals surface area (Å²) in [6.07, 6.45) is 3.51. The van der Waals surface area contributed by atoms with Crippen molar-refractivity contribution in [1.82, 2.24) is 4.57 Å². The summed E-state index contributed by atoms with van der Waals surface area (Å²) in [6, 6.07) is 28.4. The van der Waals surface area contributed by atoms with Gasteiger partial charge in [0.15, 0.2) is 0 Å². The number of nitrogen functional groups attached to an aromatic ring is 1. The monoisotopic (exact) mass is 1160 g/mol. The van der Waals surface area contributed by atoms with Crippen molar-refractivity contribution >= 4 is 79.1 Å². The number of halogens is 6. The minimum atomic E-state index is -1.20. The zero-order chi connectivity index (χ0) is 51.4. The number of anilines is 3. The molecule has 1 amide bonds. The predicted octanol–water partition coefficient (Wildman–Crippen LogP) is 13.5. The van der Waals surface area contributed by atoms with Crippen LogP contribution in [0.2, 0.25) is 0 Å². The number of ether oxygens (including phenoxy) is 3. The predicted molar refractivity (Wildman–Crippen MR) is 279 cm³/mol. The van der Waals surface area contributed by atoms with Gasteiger partial charge in [0.2, 0.25) is 5.91 Å². The highest BCUT2D eigenvalue weighted by Crippen LogP contribution is 2.42.